The van der Waals surface area contributed by atoms with E-state index in [9.17, 15) is 13.6 Å². The second kappa shape index (κ2) is 4.24. The molecule has 19 heavy (non-hydrogen) atoms. The van der Waals surface area contributed by atoms with Crippen molar-refractivity contribution in [3.05, 3.63) is 65.7 Å². The smallest absolute Gasteiger partial charge is 0.199 e. The molecule has 0 aliphatic heterocycles. The zero-order valence-corrected chi connectivity index (χ0v) is 9.55. The molecule has 0 N–H and O–H groups in total. The van der Waals surface area contributed by atoms with Crippen LogP contribution in [0.3, 0.4) is 0 Å². The van der Waals surface area contributed by atoms with Crippen LogP contribution in [0.25, 0.3) is 5.52 Å². The van der Waals surface area contributed by atoms with E-state index in [1.165, 1.54) is 23.1 Å². The summed E-state index contributed by atoms with van der Waals surface area (Å²) in [5.74, 6) is -2.18. The van der Waals surface area contributed by atoms with Crippen molar-refractivity contribution in [2.75, 3.05) is 0 Å². The van der Waals surface area contributed by atoms with Gasteiger partial charge in [0.2, 0.25) is 0 Å². The number of carbonyl (C=O) groups is 1. The van der Waals surface area contributed by atoms with Gasteiger partial charge in [0, 0.05) is 18.5 Å². The molecule has 0 bridgehead atoms. The fourth-order valence-electron chi connectivity index (χ4n) is 1.83. The van der Waals surface area contributed by atoms with Crippen LogP contribution in [-0.4, -0.2) is 20.4 Å². The average molecular weight is 259 g/mol. The number of ketones is 1. The average Bonchev–Trinajstić information content (AvgIpc) is 2.82. The quantitative estimate of drug-likeness (QED) is 0.663. The molecule has 3 rings (SSSR count). The standard InChI is InChI=1S/C13H7F2N3O/c14-8-1-2-9(11(15)5-8)13(19)10-6-17-18-4-3-16-7-12(10)18/h1-7H. The molecule has 1 aromatic carbocycles. The first-order chi connectivity index (χ1) is 9.16. The lowest BCUT2D eigenvalue weighted by Crippen LogP contribution is -2.04. The number of rotatable bonds is 2. The van der Waals surface area contributed by atoms with Crippen molar-refractivity contribution in [2.24, 2.45) is 0 Å². The highest BCUT2D eigenvalue weighted by Gasteiger charge is 2.18. The first-order valence-corrected chi connectivity index (χ1v) is 5.44. The van der Waals surface area contributed by atoms with E-state index in [-0.39, 0.29) is 11.1 Å². The van der Waals surface area contributed by atoms with Crippen molar-refractivity contribution in [2.45, 2.75) is 0 Å². The zero-order valence-electron chi connectivity index (χ0n) is 9.55. The minimum atomic E-state index is -0.895. The highest BCUT2D eigenvalue weighted by molar-refractivity contribution is 6.13. The van der Waals surface area contributed by atoms with Crippen molar-refractivity contribution >= 4 is 11.3 Å². The van der Waals surface area contributed by atoms with E-state index in [0.29, 0.717) is 11.6 Å². The largest absolute Gasteiger partial charge is 0.288 e. The van der Waals surface area contributed by atoms with E-state index in [1.54, 1.807) is 6.20 Å². The van der Waals surface area contributed by atoms with Crippen LogP contribution in [0.5, 0.6) is 0 Å². The van der Waals surface area contributed by atoms with Crippen LogP contribution in [0, 0.1) is 11.6 Å². The normalized spacial score (nSPS) is 10.8. The molecule has 0 radical (unpaired) electrons. The molecule has 0 aliphatic rings. The summed E-state index contributed by atoms with van der Waals surface area (Å²) >= 11 is 0. The zero-order chi connectivity index (χ0) is 13.4. The molecule has 2 heterocycles. The maximum Gasteiger partial charge on any atom is 0.199 e. The molecule has 0 fully saturated rings. The Morgan fingerprint density at radius 2 is 2.00 bits per heavy atom. The Bertz CT molecular complexity index is 782. The molecule has 0 aliphatic carbocycles. The summed E-state index contributed by atoms with van der Waals surface area (Å²) in [6.45, 7) is 0. The molecule has 0 spiro atoms. The second-order valence-corrected chi connectivity index (χ2v) is 3.92. The van der Waals surface area contributed by atoms with Crippen molar-refractivity contribution in [3.63, 3.8) is 0 Å². The van der Waals surface area contributed by atoms with Crippen molar-refractivity contribution in [3.8, 4) is 0 Å². The number of hydrogen-bond acceptors (Lipinski definition) is 3. The van der Waals surface area contributed by atoms with E-state index in [0.717, 1.165) is 12.1 Å². The molecule has 2 aromatic heterocycles. The molecule has 94 valence electrons. The lowest BCUT2D eigenvalue weighted by molar-refractivity contribution is 0.103. The molecule has 0 saturated carbocycles. The number of nitrogens with zero attached hydrogens (tertiary/aromatic N) is 3. The topological polar surface area (TPSA) is 47.3 Å². The monoisotopic (exact) mass is 259 g/mol. The van der Waals surface area contributed by atoms with Crippen LogP contribution in [0.15, 0.2) is 43.0 Å². The van der Waals surface area contributed by atoms with Gasteiger partial charge in [0.15, 0.2) is 5.78 Å². The molecule has 0 unspecified atom stereocenters. The van der Waals surface area contributed by atoms with Crippen LogP contribution < -0.4 is 0 Å². The summed E-state index contributed by atoms with van der Waals surface area (Å²) in [6.07, 6.45) is 5.89. The molecule has 0 saturated heterocycles. The summed E-state index contributed by atoms with van der Waals surface area (Å²) in [5.41, 5.74) is 0.495. The Hall–Kier alpha value is -2.63. The maximum atomic E-state index is 13.6. The second-order valence-electron chi connectivity index (χ2n) is 3.92. The lowest BCUT2D eigenvalue weighted by Gasteiger charge is -2.01. The van der Waals surface area contributed by atoms with Crippen LogP contribution in [-0.2, 0) is 0 Å². The first-order valence-electron chi connectivity index (χ1n) is 5.44. The van der Waals surface area contributed by atoms with Crippen LogP contribution in [0.2, 0.25) is 0 Å². The van der Waals surface area contributed by atoms with E-state index in [1.807, 2.05) is 0 Å². The van der Waals surface area contributed by atoms with E-state index >= 15 is 0 Å². The molecule has 6 heteroatoms. The highest BCUT2D eigenvalue weighted by atomic mass is 19.1. The first kappa shape index (κ1) is 11.5. The van der Waals surface area contributed by atoms with Gasteiger partial charge in [0.1, 0.15) is 11.6 Å². The number of benzene rings is 1. The Kier molecular flexibility index (Phi) is 2.56. The fourth-order valence-corrected chi connectivity index (χ4v) is 1.83. The summed E-state index contributed by atoms with van der Waals surface area (Å²) in [4.78, 5) is 16.1. The van der Waals surface area contributed by atoms with Crippen LogP contribution in [0.4, 0.5) is 8.78 Å². The predicted octanol–water partition coefficient (Wildman–Crippen LogP) is 2.24. The summed E-state index contributed by atoms with van der Waals surface area (Å²) < 4.78 is 27.9. The van der Waals surface area contributed by atoms with Crippen LogP contribution in [0.1, 0.15) is 15.9 Å². The predicted molar refractivity (Wildman–Crippen MR) is 62.8 cm³/mol. The van der Waals surface area contributed by atoms with Gasteiger partial charge in [-0.25, -0.2) is 13.3 Å². The van der Waals surface area contributed by atoms with Gasteiger partial charge in [-0.1, -0.05) is 0 Å². The van der Waals surface area contributed by atoms with Gasteiger partial charge in [0.05, 0.1) is 29.0 Å². The minimum Gasteiger partial charge on any atom is -0.288 e. The third-order valence-electron chi connectivity index (χ3n) is 2.75. The summed E-state index contributed by atoms with van der Waals surface area (Å²) in [7, 11) is 0. The molecule has 0 atom stereocenters. The van der Waals surface area contributed by atoms with Gasteiger partial charge in [0.25, 0.3) is 0 Å². The molecular weight excluding hydrogens is 252 g/mol. The minimum absolute atomic E-state index is 0.194. The van der Waals surface area contributed by atoms with Gasteiger partial charge >= 0.3 is 0 Å². The number of carbonyl (C=O) groups excluding carboxylic acids is 1. The number of aromatic nitrogens is 3. The Morgan fingerprint density at radius 1 is 1.16 bits per heavy atom. The molecule has 3 aromatic rings. The third kappa shape index (κ3) is 1.87. The Labute approximate surface area is 106 Å². The maximum absolute atomic E-state index is 13.6. The van der Waals surface area contributed by atoms with Gasteiger partial charge in [-0.15, -0.1) is 0 Å². The van der Waals surface area contributed by atoms with Crippen LogP contribution >= 0.6 is 0 Å². The number of hydrogen-bond donors (Lipinski definition) is 0. The fraction of sp³-hybridized carbons (Fsp3) is 0. The number of fused-ring (bicyclic) bond motifs is 1. The van der Waals surface area contributed by atoms with E-state index in [2.05, 4.69) is 10.1 Å². The summed E-state index contributed by atoms with van der Waals surface area (Å²) in [5, 5.41) is 3.97. The van der Waals surface area contributed by atoms with Crippen molar-refractivity contribution < 1.29 is 13.6 Å². The molecular formula is C13H7F2N3O. The van der Waals surface area contributed by atoms with Crippen molar-refractivity contribution in [1.82, 2.24) is 14.6 Å². The Morgan fingerprint density at radius 3 is 2.79 bits per heavy atom. The van der Waals surface area contributed by atoms with Gasteiger partial charge in [-0.2, -0.15) is 5.10 Å². The van der Waals surface area contributed by atoms with Gasteiger partial charge in [-0.3, -0.25) is 9.78 Å². The molecule has 4 nitrogen and oxygen atoms in total. The van der Waals surface area contributed by atoms with E-state index < -0.39 is 17.4 Å². The SMILES string of the molecule is O=C(c1ccc(F)cc1F)c1cnn2ccncc12. The van der Waals surface area contributed by atoms with Gasteiger partial charge in [-0.05, 0) is 12.1 Å². The number of halogens is 2. The Balaban J connectivity index is 2.13. The summed E-state index contributed by atoms with van der Waals surface area (Å²) in [6, 6.07) is 2.84. The molecule has 0 amide bonds. The lowest BCUT2D eigenvalue weighted by atomic mass is 10.0. The third-order valence-corrected chi connectivity index (χ3v) is 2.75. The van der Waals surface area contributed by atoms with Gasteiger partial charge < -0.3 is 0 Å². The highest BCUT2D eigenvalue weighted by Crippen LogP contribution is 2.17. The van der Waals surface area contributed by atoms with E-state index in [4.69, 9.17) is 0 Å². The van der Waals surface area contributed by atoms with Crippen molar-refractivity contribution in [1.29, 1.82) is 0 Å².